The number of ketones is 1. The Kier molecular flexibility index (Phi) is 8.39. The molecule has 41 heavy (non-hydrogen) atoms. The van der Waals surface area contributed by atoms with Gasteiger partial charge < -0.3 is 24.4 Å². The average Bonchev–Trinajstić information content (AvgIpc) is 3.31. The number of esters is 3. The predicted octanol–water partition coefficient (Wildman–Crippen LogP) is 3.98. The van der Waals surface area contributed by atoms with E-state index in [0.717, 1.165) is 0 Å². The monoisotopic (exact) mass is 574 g/mol. The molecule has 0 radical (unpaired) electrons. The van der Waals surface area contributed by atoms with Crippen LogP contribution >= 0.6 is 0 Å². The Morgan fingerprint density at radius 2 is 1.54 bits per heavy atom. The maximum Gasteiger partial charge on any atom is 0.306 e. The highest BCUT2D eigenvalue weighted by atomic mass is 16.6. The number of hydrogen-bond donors (Lipinski definition) is 2. The van der Waals surface area contributed by atoms with Gasteiger partial charge in [-0.3, -0.25) is 19.2 Å². The lowest BCUT2D eigenvalue weighted by atomic mass is 9.59. The minimum atomic E-state index is -1.97. The molecule has 9 heteroatoms. The number of ether oxygens (including phenoxy) is 3. The fraction of sp³-hybridized carbons (Fsp3) is 0.750. The highest BCUT2D eigenvalue weighted by Gasteiger charge is 2.87. The molecule has 0 aromatic heterocycles. The summed E-state index contributed by atoms with van der Waals surface area (Å²) in [6.07, 6.45) is 4.66. The third kappa shape index (κ3) is 4.67. The molecule has 0 aliphatic heterocycles. The van der Waals surface area contributed by atoms with E-state index in [9.17, 15) is 29.4 Å². The average molecular weight is 575 g/mol. The Morgan fingerprint density at radius 1 is 0.951 bits per heavy atom. The highest BCUT2D eigenvalue weighted by Crippen LogP contribution is 2.77. The molecule has 4 aliphatic carbocycles. The van der Waals surface area contributed by atoms with Crippen molar-refractivity contribution in [2.75, 3.05) is 6.61 Å². The quantitative estimate of drug-likeness (QED) is 0.225. The first-order valence-electron chi connectivity index (χ1n) is 15.1. The third-order valence-corrected chi connectivity index (χ3v) is 10.1. The number of carbonyl (C=O) groups is 4. The summed E-state index contributed by atoms with van der Waals surface area (Å²) in [5, 5.41) is 24.9. The molecule has 0 aromatic rings. The molecular formula is C32H46O9. The van der Waals surface area contributed by atoms with Crippen molar-refractivity contribution in [3.8, 4) is 0 Å². The summed E-state index contributed by atoms with van der Waals surface area (Å²) in [4.78, 5) is 51.7. The van der Waals surface area contributed by atoms with Crippen molar-refractivity contribution in [1.29, 1.82) is 0 Å². The number of carbonyl (C=O) groups excluding carboxylic acids is 4. The SMILES string of the molecule is CCCC(=O)OCC1=C[C@H]2C3C(C)(C)[C@]3(OC(=O)CCC)[C@H](OC(=O)CCC)[C@@H](C)[C@]2(O)C2C=C(C)C(=O)[C@@]2(O)C1. The minimum Gasteiger partial charge on any atom is -0.461 e. The van der Waals surface area contributed by atoms with Crippen LogP contribution in [-0.2, 0) is 33.4 Å². The van der Waals surface area contributed by atoms with Crippen molar-refractivity contribution in [1.82, 2.24) is 0 Å². The van der Waals surface area contributed by atoms with E-state index in [1.54, 1.807) is 19.9 Å². The predicted molar refractivity (Wildman–Crippen MR) is 149 cm³/mol. The number of hydrogen-bond acceptors (Lipinski definition) is 9. The molecule has 0 saturated heterocycles. The lowest BCUT2D eigenvalue weighted by Gasteiger charge is -2.53. The maximum atomic E-state index is 13.4. The molecule has 0 heterocycles. The first-order chi connectivity index (χ1) is 19.2. The van der Waals surface area contributed by atoms with Crippen molar-refractivity contribution < 1.29 is 43.6 Å². The van der Waals surface area contributed by atoms with Crippen LogP contribution in [0.3, 0.4) is 0 Å². The third-order valence-electron chi connectivity index (χ3n) is 10.1. The van der Waals surface area contributed by atoms with E-state index in [4.69, 9.17) is 14.2 Å². The fourth-order valence-electron chi connectivity index (χ4n) is 8.11. The topological polar surface area (TPSA) is 136 Å². The first-order valence-corrected chi connectivity index (χ1v) is 15.1. The van der Waals surface area contributed by atoms with Crippen molar-refractivity contribution in [2.45, 2.75) is 116 Å². The van der Waals surface area contributed by atoms with Crippen LogP contribution in [0.4, 0.5) is 0 Å². The summed E-state index contributed by atoms with van der Waals surface area (Å²) in [5.74, 6) is -4.79. The Balaban J connectivity index is 1.89. The van der Waals surface area contributed by atoms with E-state index in [1.807, 2.05) is 40.7 Å². The van der Waals surface area contributed by atoms with Crippen molar-refractivity contribution in [2.24, 2.45) is 29.1 Å². The molecule has 0 bridgehead atoms. The minimum absolute atomic E-state index is 0.120. The van der Waals surface area contributed by atoms with Gasteiger partial charge in [0, 0.05) is 54.8 Å². The Hall–Kier alpha value is -2.52. The smallest absolute Gasteiger partial charge is 0.306 e. The summed E-state index contributed by atoms with van der Waals surface area (Å²) in [7, 11) is 0. The standard InChI is InChI=1S/C32H46O9/c1-8-11-23(33)39-17-20-15-21-26-29(6,7)32(26,41-25(35)13-10-3)28(40-24(34)12-9-2)19(5)31(21,38)22-14-18(4)27(36)30(22,37)16-20/h14-15,19,21-22,26,28,37-38H,8-13,16-17H2,1-7H3/t19-,21+,22?,26?,28-,30-,31-,32-/m1/s1. The van der Waals surface area contributed by atoms with Gasteiger partial charge in [0.15, 0.2) is 11.4 Å². The highest BCUT2D eigenvalue weighted by molar-refractivity contribution is 6.04. The van der Waals surface area contributed by atoms with Gasteiger partial charge in [-0.2, -0.15) is 0 Å². The zero-order valence-corrected chi connectivity index (χ0v) is 25.5. The molecule has 4 rings (SSSR count). The van der Waals surface area contributed by atoms with Gasteiger partial charge in [0.2, 0.25) is 0 Å². The molecule has 0 aromatic carbocycles. The zero-order chi connectivity index (χ0) is 30.5. The molecule has 2 unspecified atom stereocenters. The van der Waals surface area contributed by atoms with Crippen molar-refractivity contribution in [3.63, 3.8) is 0 Å². The van der Waals surface area contributed by atoms with Gasteiger partial charge in [0.25, 0.3) is 0 Å². The molecule has 2 N–H and O–H groups in total. The first kappa shape index (κ1) is 31.4. The molecule has 9 nitrogen and oxygen atoms in total. The Bertz CT molecular complexity index is 1170. The fourth-order valence-corrected chi connectivity index (χ4v) is 8.11. The van der Waals surface area contributed by atoms with Crippen LogP contribution in [0.15, 0.2) is 23.3 Å². The second-order valence-electron chi connectivity index (χ2n) is 13.1. The number of aliphatic hydroxyl groups is 2. The number of fused-ring (bicyclic) bond motifs is 5. The summed E-state index contributed by atoms with van der Waals surface area (Å²) >= 11 is 0. The largest absolute Gasteiger partial charge is 0.461 e. The van der Waals surface area contributed by atoms with E-state index < -0.39 is 75.7 Å². The molecule has 2 fully saturated rings. The lowest BCUT2D eigenvalue weighted by molar-refractivity contribution is -0.229. The van der Waals surface area contributed by atoms with Gasteiger partial charge in [-0.05, 0) is 37.3 Å². The lowest BCUT2D eigenvalue weighted by Crippen LogP contribution is -2.66. The zero-order valence-electron chi connectivity index (χ0n) is 25.5. The molecule has 8 atom stereocenters. The van der Waals surface area contributed by atoms with Gasteiger partial charge in [-0.25, -0.2) is 0 Å². The molecule has 228 valence electrons. The molecule has 0 amide bonds. The second-order valence-corrected chi connectivity index (χ2v) is 13.1. The number of Topliss-reactive ketones (excluding diaryl/α,β-unsaturated/α-hetero) is 1. The normalized spacial score (nSPS) is 38.4. The van der Waals surface area contributed by atoms with E-state index in [0.29, 0.717) is 30.4 Å². The molecule has 0 spiro atoms. The van der Waals surface area contributed by atoms with Gasteiger partial charge in [0.05, 0.1) is 5.60 Å². The molecule has 2 saturated carbocycles. The van der Waals surface area contributed by atoms with Crippen molar-refractivity contribution >= 4 is 23.7 Å². The van der Waals surface area contributed by atoms with Crippen LogP contribution in [0.5, 0.6) is 0 Å². The van der Waals surface area contributed by atoms with Crippen LogP contribution in [0.25, 0.3) is 0 Å². The van der Waals surface area contributed by atoms with E-state index in [1.165, 1.54) is 0 Å². The van der Waals surface area contributed by atoms with Crippen LogP contribution in [0.2, 0.25) is 0 Å². The Morgan fingerprint density at radius 3 is 2.15 bits per heavy atom. The van der Waals surface area contributed by atoms with E-state index in [2.05, 4.69) is 0 Å². The van der Waals surface area contributed by atoms with E-state index in [-0.39, 0.29) is 32.3 Å². The van der Waals surface area contributed by atoms with Crippen molar-refractivity contribution in [3.05, 3.63) is 23.3 Å². The molecule has 4 aliphatic rings. The maximum absolute atomic E-state index is 13.4. The van der Waals surface area contributed by atoms with Gasteiger partial charge in [-0.15, -0.1) is 0 Å². The van der Waals surface area contributed by atoms with Gasteiger partial charge in [-0.1, -0.05) is 53.7 Å². The summed E-state index contributed by atoms with van der Waals surface area (Å²) < 4.78 is 17.9. The number of rotatable bonds is 10. The summed E-state index contributed by atoms with van der Waals surface area (Å²) in [5.41, 5.74) is -4.80. The summed E-state index contributed by atoms with van der Waals surface area (Å²) in [6, 6.07) is 0. The molecular weight excluding hydrogens is 528 g/mol. The van der Waals surface area contributed by atoms with Crippen LogP contribution in [-0.4, -0.2) is 63.4 Å². The van der Waals surface area contributed by atoms with Crippen LogP contribution in [0.1, 0.15) is 93.4 Å². The second kappa shape index (κ2) is 11.0. The van der Waals surface area contributed by atoms with Crippen LogP contribution < -0.4 is 0 Å². The van der Waals surface area contributed by atoms with Crippen LogP contribution in [0, 0.1) is 29.1 Å². The van der Waals surface area contributed by atoms with Gasteiger partial charge in [0.1, 0.15) is 18.3 Å². The van der Waals surface area contributed by atoms with Gasteiger partial charge >= 0.3 is 17.9 Å². The summed E-state index contributed by atoms with van der Waals surface area (Å²) in [6.45, 7) is 12.7. The van der Waals surface area contributed by atoms with E-state index >= 15 is 0 Å². The Labute approximate surface area is 242 Å².